The van der Waals surface area contributed by atoms with Crippen LogP contribution in [0, 0.1) is 0 Å². The molecule has 0 aromatic rings. The largest absolute Gasteiger partial charge is 0.382 e. The van der Waals surface area contributed by atoms with E-state index in [4.69, 9.17) is 9.84 Å². The molecule has 1 rings (SSSR count). The molecule has 3 heteroatoms. The normalized spacial score (nSPS) is 19.3. The van der Waals surface area contributed by atoms with Crippen molar-refractivity contribution < 1.29 is 4.74 Å². The van der Waals surface area contributed by atoms with E-state index in [0.29, 0.717) is 6.04 Å². The summed E-state index contributed by atoms with van der Waals surface area (Å²) < 4.78 is 5.29. The number of nitrogens with zero attached hydrogens (tertiary/aromatic N) is 2. The summed E-state index contributed by atoms with van der Waals surface area (Å²) in [5.74, 6) is 0. The van der Waals surface area contributed by atoms with Gasteiger partial charge in [0.05, 0.1) is 12.6 Å². The molecule has 0 saturated carbocycles. The SMILES string of the molecule is CCCCC(CCCC)=NN1CCC[C@H]1COC. The maximum Gasteiger partial charge on any atom is 0.0704 e. The average molecular weight is 254 g/mol. The Morgan fingerprint density at radius 3 is 2.44 bits per heavy atom. The minimum Gasteiger partial charge on any atom is -0.382 e. The second-order valence-corrected chi connectivity index (χ2v) is 5.29. The molecule has 0 amide bonds. The Bertz CT molecular complexity index is 231. The van der Waals surface area contributed by atoms with Crippen LogP contribution in [-0.4, -0.2) is 37.0 Å². The Balaban J connectivity index is 2.54. The molecular weight excluding hydrogens is 224 g/mol. The first kappa shape index (κ1) is 15.5. The molecule has 1 atom stereocenters. The van der Waals surface area contributed by atoms with Crippen molar-refractivity contribution in [1.82, 2.24) is 5.01 Å². The smallest absolute Gasteiger partial charge is 0.0704 e. The van der Waals surface area contributed by atoms with Crippen LogP contribution in [0.5, 0.6) is 0 Å². The molecule has 3 nitrogen and oxygen atoms in total. The number of rotatable bonds is 9. The number of methoxy groups -OCH3 is 1. The Morgan fingerprint density at radius 1 is 1.22 bits per heavy atom. The molecule has 106 valence electrons. The van der Waals surface area contributed by atoms with Gasteiger partial charge in [0.1, 0.15) is 0 Å². The minimum atomic E-state index is 0.508. The monoisotopic (exact) mass is 254 g/mol. The van der Waals surface area contributed by atoms with Crippen LogP contribution in [0.3, 0.4) is 0 Å². The number of unbranched alkanes of at least 4 members (excludes halogenated alkanes) is 2. The lowest BCUT2D eigenvalue weighted by Gasteiger charge is -2.22. The van der Waals surface area contributed by atoms with Gasteiger partial charge in [-0.1, -0.05) is 26.7 Å². The third-order valence-corrected chi connectivity index (χ3v) is 3.61. The summed E-state index contributed by atoms with van der Waals surface area (Å²) in [4.78, 5) is 0. The molecule has 1 aliphatic rings. The molecule has 0 spiro atoms. The van der Waals surface area contributed by atoms with Crippen LogP contribution in [0.1, 0.15) is 65.2 Å². The van der Waals surface area contributed by atoms with Crippen LogP contribution in [0.2, 0.25) is 0 Å². The zero-order valence-electron chi connectivity index (χ0n) is 12.5. The molecule has 1 aliphatic heterocycles. The first-order valence-electron chi connectivity index (χ1n) is 7.63. The van der Waals surface area contributed by atoms with Gasteiger partial charge >= 0.3 is 0 Å². The lowest BCUT2D eigenvalue weighted by molar-refractivity contribution is 0.117. The van der Waals surface area contributed by atoms with Crippen molar-refractivity contribution >= 4 is 5.71 Å². The van der Waals surface area contributed by atoms with Crippen LogP contribution < -0.4 is 0 Å². The quantitative estimate of drug-likeness (QED) is 0.584. The van der Waals surface area contributed by atoms with Crippen molar-refractivity contribution in [3.63, 3.8) is 0 Å². The van der Waals surface area contributed by atoms with Gasteiger partial charge in [0, 0.05) is 19.4 Å². The predicted octanol–water partition coefficient (Wildman–Crippen LogP) is 3.83. The van der Waals surface area contributed by atoms with Gasteiger partial charge in [-0.3, -0.25) is 5.01 Å². The molecule has 1 fully saturated rings. The van der Waals surface area contributed by atoms with Crippen molar-refractivity contribution in [3.05, 3.63) is 0 Å². The number of hydrogen-bond donors (Lipinski definition) is 0. The minimum absolute atomic E-state index is 0.508. The van der Waals surface area contributed by atoms with Gasteiger partial charge in [0.15, 0.2) is 0 Å². The van der Waals surface area contributed by atoms with E-state index in [2.05, 4.69) is 18.9 Å². The second kappa shape index (κ2) is 9.37. The molecular formula is C15H30N2O. The van der Waals surface area contributed by atoms with E-state index >= 15 is 0 Å². The highest BCUT2D eigenvalue weighted by molar-refractivity contribution is 5.84. The summed E-state index contributed by atoms with van der Waals surface area (Å²) >= 11 is 0. The zero-order valence-corrected chi connectivity index (χ0v) is 12.5. The molecule has 0 N–H and O–H groups in total. The first-order valence-corrected chi connectivity index (χ1v) is 7.63. The third kappa shape index (κ3) is 5.38. The number of hydrazone groups is 1. The molecule has 0 bridgehead atoms. The van der Waals surface area contributed by atoms with Crippen molar-refractivity contribution in [2.45, 2.75) is 71.3 Å². The van der Waals surface area contributed by atoms with Gasteiger partial charge in [-0.15, -0.1) is 0 Å². The van der Waals surface area contributed by atoms with Crippen molar-refractivity contribution in [2.24, 2.45) is 5.10 Å². The lowest BCUT2D eigenvalue weighted by atomic mass is 10.1. The Hall–Kier alpha value is -0.570. The maximum atomic E-state index is 5.29. The van der Waals surface area contributed by atoms with Crippen LogP contribution in [0.25, 0.3) is 0 Å². The lowest BCUT2D eigenvalue weighted by Crippen LogP contribution is -2.29. The summed E-state index contributed by atoms with van der Waals surface area (Å²) in [6.07, 6.45) is 9.88. The van der Waals surface area contributed by atoms with E-state index in [-0.39, 0.29) is 0 Å². The molecule has 18 heavy (non-hydrogen) atoms. The van der Waals surface area contributed by atoms with E-state index in [1.54, 1.807) is 7.11 Å². The summed E-state index contributed by atoms with van der Waals surface area (Å²) in [6, 6.07) is 0.508. The van der Waals surface area contributed by atoms with Gasteiger partial charge in [0.2, 0.25) is 0 Å². The zero-order chi connectivity index (χ0) is 13.2. The van der Waals surface area contributed by atoms with Crippen molar-refractivity contribution in [3.8, 4) is 0 Å². The number of hydrogen-bond acceptors (Lipinski definition) is 3. The van der Waals surface area contributed by atoms with Crippen LogP contribution in [0.4, 0.5) is 0 Å². The van der Waals surface area contributed by atoms with E-state index in [0.717, 1.165) is 13.2 Å². The van der Waals surface area contributed by atoms with Gasteiger partial charge < -0.3 is 4.74 Å². The summed E-state index contributed by atoms with van der Waals surface area (Å²) in [5, 5.41) is 7.20. The highest BCUT2D eigenvalue weighted by atomic mass is 16.5. The Kier molecular flexibility index (Phi) is 8.06. The molecule has 0 aliphatic carbocycles. The van der Waals surface area contributed by atoms with Crippen molar-refractivity contribution in [1.29, 1.82) is 0 Å². The fourth-order valence-corrected chi connectivity index (χ4v) is 2.48. The Morgan fingerprint density at radius 2 is 1.89 bits per heavy atom. The van der Waals surface area contributed by atoms with Crippen LogP contribution in [0.15, 0.2) is 5.10 Å². The highest BCUT2D eigenvalue weighted by Gasteiger charge is 2.23. The number of ether oxygens (including phenoxy) is 1. The predicted molar refractivity (Wildman–Crippen MR) is 78.1 cm³/mol. The highest BCUT2D eigenvalue weighted by Crippen LogP contribution is 2.19. The topological polar surface area (TPSA) is 24.8 Å². The average Bonchev–Trinajstić information content (AvgIpc) is 2.80. The van der Waals surface area contributed by atoms with Gasteiger partial charge in [-0.25, -0.2) is 0 Å². The van der Waals surface area contributed by atoms with Gasteiger partial charge in [-0.2, -0.15) is 5.10 Å². The third-order valence-electron chi connectivity index (χ3n) is 3.61. The summed E-state index contributed by atoms with van der Waals surface area (Å²) in [5.41, 5.74) is 1.40. The molecule has 0 radical (unpaired) electrons. The van der Waals surface area contributed by atoms with E-state index in [1.807, 2.05) is 0 Å². The second-order valence-electron chi connectivity index (χ2n) is 5.29. The van der Waals surface area contributed by atoms with Gasteiger partial charge in [0.25, 0.3) is 0 Å². The summed E-state index contributed by atoms with van der Waals surface area (Å²) in [7, 11) is 1.79. The fourth-order valence-electron chi connectivity index (χ4n) is 2.48. The molecule has 1 heterocycles. The summed E-state index contributed by atoms with van der Waals surface area (Å²) in [6.45, 7) is 6.43. The standard InChI is InChI=1S/C15H30N2O/c1-4-6-9-14(10-7-5-2)16-17-12-8-11-15(17)13-18-3/h15H,4-13H2,1-3H3/t15-/m0/s1. The van der Waals surface area contributed by atoms with E-state index < -0.39 is 0 Å². The molecule has 0 aromatic carbocycles. The molecule has 1 saturated heterocycles. The van der Waals surface area contributed by atoms with Crippen molar-refractivity contribution in [2.75, 3.05) is 20.3 Å². The first-order chi connectivity index (χ1) is 8.81. The van der Waals surface area contributed by atoms with Crippen LogP contribution in [-0.2, 0) is 4.74 Å². The van der Waals surface area contributed by atoms with E-state index in [9.17, 15) is 0 Å². The van der Waals surface area contributed by atoms with Gasteiger partial charge in [-0.05, 0) is 38.5 Å². The molecule has 0 unspecified atom stereocenters. The van der Waals surface area contributed by atoms with Crippen LogP contribution >= 0.6 is 0 Å². The molecule has 0 aromatic heterocycles. The maximum absolute atomic E-state index is 5.29. The Labute approximate surface area is 113 Å². The van der Waals surface area contributed by atoms with E-state index in [1.165, 1.54) is 57.1 Å². The fraction of sp³-hybridized carbons (Fsp3) is 0.933.